The Morgan fingerprint density at radius 3 is 1.30 bits per heavy atom. The third-order valence-corrected chi connectivity index (χ3v) is 22.8. The van der Waals surface area contributed by atoms with Gasteiger partial charge in [0.2, 0.25) is 5.91 Å². The number of aromatic nitrogens is 14. The van der Waals surface area contributed by atoms with Crippen LogP contribution in [0.3, 0.4) is 0 Å². The summed E-state index contributed by atoms with van der Waals surface area (Å²) in [4.78, 5) is 50.5. The van der Waals surface area contributed by atoms with E-state index < -0.39 is 0 Å². The molecule has 15 heterocycles. The number of hydrogen-bond acceptors (Lipinski definition) is 14. The summed E-state index contributed by atoms with van der Waals surface area (Å²) in [5.74, 6) is 5.10. The van der Waals surface area contributed by atoms with E-state index in [-0.39, 0.29) is 5.91 Å². The lowest BCUT2D eigenvalue weighted by molar-refractivity contribution is -0.118. The van der Waals surface area contributed by atoms with Crippen LogP contribution in [0.5, 0.6) is 0 Å². The first-order valence-electron chi connectivity index (χ1n) is 37.9. The Balaban J connectivity index is 0.0000000919. The van der Waals surface area contributed by atoms with E-state index in [1.807, 2.05) is 103 Å². The molecule has 5 aliphatic heterocycles. The number of amides is 1. The van der Waals surface area contributed by atoms with Crippen molar-refractivity contribution in [3.8, 4) is 45.0 Å². The molecule has 0 bridgehead atoms. The predicted octanol–water partition coefficient (Wildman–Crippen LogP) is 18.4. The molecule has 6 aromatic carbocycles. The fourth-order valence-corrected chi connectivity index (χ4v) is 16.9. The molecule has 108 heavy (non-hydrogen) atoms. The molecule has 2 fully saturated rings. The maximum atomic E-state index is 12.5. The predicted molar refractivity (Wildman–Crippen MR) is 430 cm³/mol. The van der Waals surface area contributed by atoms with E-state index in [9.17, 15) is 4.79 Å². The van der Waals surface area contributed by atoms with Crippen LogP contribution in [0, 0.1) is 0 Å². The first-order chi connectivity index (χ1) is 53.4. The molecule has 16 aromatic rings. The summed E-state index contributed by atoms with van der Waals surface area (Å²) in [6.45, 7) is 8.57. The SMILES string of the molecule is CCC(C)N1Cc2ccccc2-c2n[nH]c3ccnc1c23.O=C1CCc2c[nH]c3ccnc(c23)N1Cc1ccccc1.c1ccc(N2Cc3ccccc3-c3n[nH]c4ccnc2c34)cc1.c1ccc2c(c1)CN(C1CCC1)c1nccc3[nH]nc-2c13.c1ccc2c(c1)CN(C1CCCC1)c1nccc3[nH]nc-2c13. The van der Waals surface area contributed by atoms with Gasteiger partial charge in [0.1, 0.15) is 51.9 Å². The number of fused-ring (bicyclic) bond motifs is 8. The maximum Gasteiger partial charge on any atom is 0.228 e. The number of carbonyl (C=O) groups excluding carboxylic acids is 1. The second kappa shape index (κ2) is 28.2. The van der Waals surface area contributed by atoms with Crippen molar-refractivity contribution >= 4 is 95.2 Å². The summed E-state index contributed by atoms with van der Waals surface area (Å²) < 4.78 is 0. The topological polar surface area (TPSA) is 228 Å². The van der Waals surface area contributed by atoms with Crippen molar-refractivity contribution in [3.05, 3.63) is 259 Å². The van der Waals surface area contributed by atoms with Crippen LogP contribution in [0.4, 0.5) is 34.8 Å². The highest BCUT2D eigenvalue weighted by Gasteiger charge is 2.35. The minimum absolute atomic E-state index is 0.134. The van der Waals surface area contributed by atoms with Crippen LogP contribution in [-0.4, -0.2) is 94.7 Å². The van der Waals surface area contributed by atoms with Crippen LogP contribution in [0.1, 0.15) is 105 Å². The van der Waals surface area contributed by atoms with Crippen molar-refractivity contribution in [2.75, 3.05) is 24.5 Å². The highest BCUT2D eigenvalue weighted by atomic mass is 16.2. The van der Waals surface area contributed by atoms with Crippen LogP contribution in [-0.2, 0) is 43.9 Å². The van der Waals surface area contributed by atoms with Gasteiger partial charge in [0.15, 0.2) is 0 Å². The smallest absolute Gasteiger partial charge is 0.228 e. The number of aromatic amines is 5. The third-order valence-electron chi connectivity index (χ3n) is 22.8. The van der Waals surface area contributed by atoms with Crippen LogP contribution in [0.2, 0.25) is 0 Å². The van der Waals surface area contributed by atoms with Gasteiger partial charge in [-0.1, -0.05) is 165 Å². The fourth-order valence-electron chi connectivity index (χ4n) is 16.9. The van der Waals surface area contributed by atoms with Crippen LogP contribution < -0.4 is 24.5 Å². The van der Waals surface area contributed by atoms with Gasteiger partial charge >= 0.3 is 0 Å². The first-order valence-corrected chi connectivity index (χ1v) is 37.9. The van der Waals surface area contributed by atoms with Gasteiger partial charge in [-0.25, -0.2) is 24.9 Å². The summed E-state index contributed by atoms with van der Waals surface area (Å²) in [6, 6.07) is 66.3. The van der Waals surface area contributed by atoms with E-state index in [1.165, 1.54) is 106 Å². The van der Waals surface area contributed by atoms with Gasteiger partial charge in [0.25, 0.3) is 0 Å². The van der Waals surface area contributed by atoms with E-state index in [0.29, 0.717) is 31.1 Å². The Labute approximate surface area is 624 Å². The van der Waals surface area contributed by atoms with Gasteiger partial charge in [0.05, 0.1) is 62.2 Å². The second-order valence-electron chi connectivity index (χ2n) is 29.1. The zero-order valence-electron chi connectivity index (χ0n) is 60.4. The van der Waals surface area contributed by atoms with Crippen molar-refractivity contribution in [2.45, 2.75) is 129 Å². The molecule has 534 valence electrons. The standard InChI is InChI=1S/C19H14N4.C18H18N4.C17H16N4.C17H18N4.C17H15N3O/c1-2-7-14(8-3-1)23-12-13-6-4-5-9-15(13)18-17-16(21-22-18)10-11-20-19(17)23;1-4-8-14-12(5-1)11-22(13-6-2-3-7-13)18-16-15(9-10-19-18)20-21-17(14)16;1-2-7-13-11(4-1)10-21(12-5-3-6-12)17-15-14(8-9-18-17)19-20-16(13)15;1-3-11(2)21-10-12-6-4-5-7-13(12)16-15-14(19-20-16)8-9-18-17(15)21;21-15-7-6-13-10-19-14-8-9-18-17(16(13)14)20(15)11-12-4-2-1-3-5-12/h1-11H,12H2,(H,21,22);1,4-5,8-10,13H,2-3,6-7,11H2,(H,20,21);1-2,4,7-9,12H,3,5-6,10H2,(H,19,20);4-9,11H,3,10H2,1-2H3,(H,19,20);1-5,8-10,19H,6-7,11H2. The molecule has 0 radical (unpaired) electrons. The average molecular weight is 1420 g/mol. The van der Waals surface area contributed by atoms with Crippen LogP contribution in [0.15, 0.2) is 225 Å². The fraction of sp³-hybridized carbons (Fsp3) is 0.227. The minimum atomic E-state index is 0.134. The van der Waals surface area contributed by atoms with Gasteiger partial charge < -0.3 is 24.6 Å². The molecule has 20 heteroatoms. The average Bonchev–Trinajstić information content (AvgIpc) is 1.62. The normalized spacial score (nSPS) is 15.5. The number of rotatable bonds is 7. The zero-order valence-corrected chi connectivity index (χ0v) is 60.4. The quantitative estimate of drug-likeness (QED) is 0.100. The Hall–Kier alpha value is -12.8. The lowest BCUT2D eigenvalue weighted by Crippen LogP contribution is -2.40. The van der Waals surface area contributed by atoms with Crippen LogP contribution in [0.25, 0.3) is 99.5 Å². The van der Waals surface area contributed by atoms with Crippen molar-refractivity contribution in [3.63, 3.8) is 0 Å². The molecule has 0 saturated heterocycles. The molecule has 5 N–H and O–H groups in total. The molecule has 1 unspecified atom stereocenters. The summed E-state index contributed by atoms with van der Waals surface area (Å²) in [6.07, 6.45) is 22.7. The number of H-pyrrole nitrogens is 5. The Morgan fingerprint density at radius 2 is 0.806 bits per heavy atom. The Bertz CT molecular complexity index is 5850. The molecule has 2 saturated carbocycles. The summed E-state index contributed by atoms with van der Waals surface area (Å²) in [5, 5.41) is 36.6. The van der Waals surface area contributed by atoms with Gasteiger partial charge in [0, 0.05) is 115 Å². The van der Waals surface area contributed by atoms with Crippen LogP contribution >= 0.6 is 0 Å². The van der Waals surface area contributed by atoms with Crippen molar-refractivity contribution in [1.82, 2.24) is 70.7 Å². The third kappa shape index (κ3) is 11.9. The van der Waals surface area contributed by atoms with Crippen molar-refractivity contribution < 1.29 is 4.79 Å². The van der Waals surface area contributed by atoms with Gasteiger partial charge in [-0.2, -0.15) is 20.4 Å². The van der Waals surface area contributed by atoms with E-state index in [1.54, 1.807) is 6.20 Å². The number of benzene rings is 6. The monoisotopic (exact) mass is 1420 g/mol. The van der Waals surface area contributed by atoms with E-state index in [2.05, 4.69) is 215 Å². The molecule has 1 atom stereocenters. The maximum absolute atomic E-state index is 12.5. The molecule has 7 aliphatic rings. The number of nitrogens with one attached hydrogen (secondary N) is 5. The number of anilines is 6. The Kier molecular flexibility index (Phi) is 17.2. The lowest BCUT2D eigenvalue weighted by Gasteiger charge is -2.38. The molecule has 10 aromatic heterocycles. The first kappa shape index (κ1) is 65.9. The molecular weight excluding hydrogens is 1340 g/mol. The molecule has 1 amide bonds. The van der Waals surface area contributed by atoms with Crippen molar-refractivity contribution in [1.29, 1.82) is 0 Å². The van der Waals surface area contributed by atoms with E-state index in [0.717, 1.165) is 146 Å². The number of hydrogen-bond donors (Lipinski definition) is 5. The van der Waals surface area contributed by atoms with Crippen molar-refractivity contribution in [2.24, 2.45) is 0 Å². The number of para-hydroxylation sites is 1. The van der Waals surface area contributed by atoms with E-state index in [4.69, 9.17) is 9.97 Å². The van der Waals surface area contributed by atoms with Gasteiger partial charge in [-0.3, -0.25) is 30.1 Å². The second-order valence-corrected chi connectivity index (χ2v) is 29.1. The Morgan fingerprint density at radius 1 is 0.398 bits per heavy atom. The highest BCUT2D eigenvalue weighted by molar-refractivity contribution is 6.07. The summed E-state index contributed by atoms with van der Waals surface area (Å²) in [5.41, 5.74) is 22.9. The minimum Gasteiger partial charge on any atom is -0.361 e. The van der Waals surface area contributed by atoms with Gasteiger partial charge in [-0.05, 0) is 128 Å². The zero-order chi connectivity index (χ0) is 72.2. The van der Waals surface area contributed by atoms with E-state index >= 15 is 0 Å². The number of aryl methyl sites for hydroxylation is 1. The number of nitrogens with zero attached hydrogens (tertiary/aromatic N) is 14. The summed E-state index contributed by atoms with van der Waals surface area (Å²) in [7, 11) is 0. The lowest BCUT2D eigenvalue weighted by atomic mass is 9.91. The summed E-state index contributed by atoms with van der Waals surface area (Å²) >= 11 is 0. The number of carbonyl (C=O) groups is 1. The number of pyridine rings is 5. The molecule has 2 aliphatic carbocycles. The molecule has 20 nitrogen and oxygen atoms in total. The largest absolute Gasteiger partial charge is 0.361 e. The van der Waals surface area contributed by atoms with Gasteiger partial charge in [-0.15, -0.1) is 0 Å². The molecule has 0 spiro atoms. The highest BCUT2D eigenvalue weighted by Crippen LogP contribution is 2.46. The molecular formula is C88H81N19O. The molecule has 23 rings (SSSR count).